The van der Waals surface area contributed by atoms with Crippen LogP contribution in [0.1, 0.15) is 12.8 Å². The fourth-order valence-electron chi connectivity index (χ4n) is 2.40. The molecule has 2 rings (SSSR count). The number of morpholine rings is 1. The minimum absolute atomic E-state index is 0. The van der Waals surface area contributed by atoms with Crippen LogP contribution in [0.5, 0.6) is 0 Å². The number of quaternary nitrogens is 1. The van der Waals surface area contributed by atoms with Crippen molar-refractivity contribution in [3.05, 3.63) is 0 Å². The number of hydrogen-bond donors (Lipinski definition) is 3. The van der Waals surface area contributed by atoms with E-state index in [1.165, 1.54) is 4.90 Å². The molecule has 0 saturated carbocycles. The number of carbonyl (C=O) groups is 2. The van der Waals surface area contributed by atoms with Gasteiger partial charge >= 0.3 is 0 Å². The van der Waals surface area contributed by atoms with Crippen molar-refractivity contribution >= 4 is 11.8 Å². The summed E-state index contributed by atoms with van der Waals surface area (Å²) in [7, 11) is 0. The molecule has 3 N–H and O–H groups in total. The molecular weight excluding hydrogens is 260 g/mol. The lowest BCUT2D eigenvalue weighted by Gasteiger charge is -2.30. The molecule has 2 fully saturated rings. The number of carbonyl (C=O) groups excluding carboxylic acids is 2. The molecule has 2 heterocycles. The lowest BCUT2D eigenvalue weighted by Crippen LogP contribution is -3.15. The number of ether oxygens (including phenoxy) is 1. The first kappa shape index (κ1) is 15.4. The average Bonchev–Trinajstić information content (AvgIpc) is 2.29. The number of aliphatic hydroxyl groups excluding tert-OH is 1. The molecule has 18 heavy (non-hydrogen) atoms. The zero-order valence-corrected chi connectivity index (χ0v) is 10.9. The normalized spacial score (nSPS) is 24.3. The highest BCUT2D eigenvalue weighted by molar-refractivity contribution is 5.97. The average molecular weight is 279 g/mol. The van der Waals surface area contributed by atoms with Crippen LogP contribution < -0.4 is 22.6 Å². The second-order valence-electron chi connectivity index (χ2n) is 4.77. The summed E-state index contributed by atoms with van der Waals surface area (Å²) < 4.78 is 5.24. The maximum absolute atomic E-state index is 11.2. The second-order valence-corrected chi connectivity index (χ2v) is 4.77. The third-order valence-corrected chi connectivity index (χ3v) is 3.42. The molecule has 0 aromatic rings. The van der Waals surface area contributed by atoms with Gasteiger partial charge in [-0.2, -0.15) is 0 Å². The van der Waals surface area contributed by atoms with Crippen LogP contribution >= 0.6 is 0 Å². The van der Waals surface area contributed by atoms with Gasteiger partial charge in [-0.15, -0.1) is 0 Å². The fraction of sp³-hybridized carbons (Fsp3) is 0.818. The third-order valence-electron chi connectivity index (χ3n) is 3.42. The Balaban J connectivity index is 0.00000162. The number of rotatable bonds is 3. The molecule has 1 atom stereocenters. The van der Waals surface area contributed by atoms with Gasteiger partial charge in [-0.3, -0.25) is 14.9 Å². The summed E-state index contributed by atoms with van der Waals surface area (Å²) in [6, 6.07) is 0. The van der Waals surface area contributed by atoms with Gasteiger partial charge < -0.3 is 27.2 Å². The van der Waals surface area contributed by atoms with Crippen LogP contribution in [0.3, 0.4) is 0 Å². The maximum Gasteiger partial charge on any atom is 0.226 e. The van der Waals surface area contributed by atoms with Crippen LogP contribution in [0.2, 0.25) is 0 Å². The molecule has 0 aliphatic carbocycles. The molecule has 1 unspecified atom stereocenters. The Morgan fingerprint density at radius 2 is 1.83 bits per heavy atom. The van der Waals surface area contributed by atoms with E-state index in [9.17, 15) is 14.7 Å². The van der Waals surface area contributed by atoms with E-state index in [1.54, 1.807) is 0 Å². The Bertz CT molecular complexity index is 291. The quantitative estimate of drug-likeness (QED) is 0.450. The number of aliphatic hydroxyl groups is 1. The first-order valence-corrected chi connectivity index (χ1v) is 6.07. The van der Waals surface area contributed by atoms with Crippen molar-refractivity contribution in [1.29, 1.82) is 0 Å². The third kappa shape index (κ3) is 4.20. The SMILES string of the molecule is O=C1CC(C(O)C[NH+]2CCOCC2)CC(=O)N1.[Cl-]. The zero-order chi connectivity index (χ0) is 12.3. The van der Waals surface area contributed by atoms with Crippen molar-refractivity contribution in [3.8, 4) is 0 Å². The summed E-state index contributed by atoms with van der Waals surface area (Å²) in [6.07, 6.45) is -0.0917. The molecule has 6 nitrogen and oxygen atoms in total. The summed E-state index contributed by atoms with van der Waals surface area (Å²) in [5.41, 5.74) is 0. The molecule has 2 amide bonds. The molecule has 7 heteroatoms. The summed E-state index contributed by atoms with van der Waals surface area (Å²) in [5, 5.41) is 12.3. The highest BCUT2D eigenvalue weighted by Gasteiger charge is 2.32. The molecule has 104 valence electrons. The van der Waals surface area contributed by atoms with Crippen molar-refractivity contribution in [2.75, 3.05) is 32.8 Å². The Morgan fingerprint density at radius 3 is 2.39 bits per heavy atom. The number of amides is 2. The zero-order valence-electron chi connectivity index (χ0n) is 10.2. The highest BCUT2D eigenvalue weighted by atomic mass is 35.5. The Labute approximate surface area is 112 Å². The van der Waals surface area contributed by atoms with Crippen LogP contribution in [-0.4, -0.2) is 55.9 Å². The molecule has 2 aliphatic heterocycles. The highest BCUT2D eigenvalue weighted by Crippen LogP contribution is 2.16. The predicted octanol–water partition coefficient (Wildman–Crippen LogP) is -5.68. The largest absolute Gasteiger partial charge is 1.00 e. The van der Waals surface area contributed by atoms with Crippen molar-refractivity contribution < 1.29 is 36.7 Å². The second kappa shape index (κ2) is 7.04. The number of hydrogen-bond acceptors (Lipinski definition) is 4. The molecule has 2 saturated heterocycles. The summed E-state index contributed by atoms with van der Waals surface area (Å²) >= 11 is 0. The van der Waals surface area contributed by atoms with Crippen molar-refractivity contribution in [2.45, 2.75) is 18.9 Å². The van der Waals surface area contributed by atoms with Gasteiger partial charge in [-0.05, 0) is 0 Å². The van der Waals surface area contributed by atoms with Crippen LogP contribution in [0, 0.1) is 5.92 Å². The minimum Gasteiger partial charge on any atom is -1.00 e. The molecule has 2 aliphatic rings. The lowest BCUT2D eigenvalue weighted by atomic mass is 9.91. The van der Waals surface area contributed by atoms with Gasteiger partial charge in [0.05, 0.1) is 13.2 Å². The van der Waals surface area contributed by atoms with Gasteiger partial charge in [0, 0.05) is 18.8 Å². The van der Waals surface area contributed by atoms with Gasteiger partial charge in [0.15, 0.2) is 0 Å². The number of imide groups is 1. The van der Waals surface area contributed by atoms with E-state index in [4.69, 9.17) is 4.74 Å². The lowest BCUT2D eigenvalue weighted by molar-refractivity contribution is -0.911. The predicted molar refractivity (Wildman–Crippen MR) is 58.3 cm³/mol. The molecule has 0 bridgehead atoms. The summed E-state index contributed by atoms with van der Waals surface area (Å²) in [6.45, 7) is 3.78. The van der Waals surface area contributed by atoms with Gasteiger partial charge in [-0.1, -0.05) is 0 Å². The van der Waals surface area contributed by atoms with Crippen LogP contribution in [0.25, 0.3) is 0 Å². The standard InChI is InChI=1S/C11H18N2O4.ClH/c14-9(7-13-1-3-17-4-2-13)8-5-10(15)12-11(16)6-8;/h8-9,14H,1-7H2,(H,12,15,16);1H. The van der Waals surface area contributed by atoms with Crippen LogP contribution in [-0.2, 0) is 14.3 Å². The van der Waals surface area contributed by atoms with E-state index in [0.717, 1.165) is 13.1 Å². The Hall–Kier alpha value is -0.690. The Morgan fingerprint density at radius 1 is 1.28 bits per heavy atom. The fourth-order valence-corrected chi connectivity index (χ4v) is 2.40. The van der Waals surface area contributed by atoms with Gasteiger partial charge in [-0.25, -0.2) is 0 Å². The van der Waals surface area contributed by atoms with Crippen LogP contribution in [0.15, 0.2) is 0 Å². The van der Waals surface area contributed by atoms with E-state index < -0.39 is 6.10 Å². The van der Waals surface area contributed by atoms with E-state index in [0.29, 0.717) is 19.8 Å². The Kier molecular flexibility index (Phi) is 6.01. The molecule has 0 aromatic carbocycles. The van der Waals surface area contributed by atoms with Gasteiger partial charge in [0.1, 0.15) is 25.7 Å². The first-order valence-electron chi connectivity index (χ1n) is 6.07. The first-order chi connectivity index (χ1) is 8.15. The van der Waals surface area contributed by atoms with Crippen LogP contribution in [0.4, 0.5) is 0 Å². The van der Waals surface area contributed by atoms with Gasteiger partial charge in [0.2, 0.25) is 11.8 Å². The maximum atomic E-state index is 11.2. The van der Waals surface area contributed by atoms with E-state index in [1.807, 2.05) is 0 Å². The molecule has 0 radical (unpaired) electrons. The molecule has 0 aromatic heterocycles. The molecule has 0 spiro atoms. The topological polar surface area (TPSA) is 80.1 Å². The van der Waals surface area contributed by atoms with E-state index in [2.05, 4.69) is 5.32 Å². The van der Waals surface area contributed by atoms with Crippen molar-refractivity contribution in [3.63, 3.8) is 0 Å². The van der Waals surface area contributed by atoms with Crippen molar-refractivity contribution in [2.24, 2.45) is 5.92 Å². The van der Waals surface area contributed by atoms with E-state index in [-0.39, 0.29) is 43.0 Å². The number of halogens is 1. The summed E-state index contributed by atoms with van der Waals surface area (Å²) in [4.78, 5) is 23.7. The minimum atomic E-state index is -0.585. The summed E-state index contributed by atoms with van der Waals surface area (Å²) in [5.74, 6) is -0.781. The molecular formula is C11H19ClN2O4. The van der Waals surface area contributed by atoms with Crippen molar-refractivity contribution in [1.82, 2.24) is 5.32 Å². The number of piperidine rings is 1. The van der Waals surface area contributed by atoms with E-state index >= 15 is 0 Å². The van der Waals surface area contributed by atoms with Gasteiger partial charge in [0.25, 0.3) is 0 Å². The number of nitrogens with one attached hydrogen (secondary N) is 2. The monoisotopic (exact) mass is 278 g/mol. The smallest absolute Gasteiger partial charge is 0.226 e.